The van der Waals surface area contributed by atoms with Gasteiger partial charge in [-0.05, 0) is 56.7 Å². The van der Waals surface area contributed by atoms with Gasteiger partial charge >= 0.3 is 0 Å². The number of likely N-dealkylation sites (tertiary alicyclic amines) is 1. The molecule has 0 bridgehead atoms. The van der Waals surface area contributed by atoms with Crippen molar-refractivity contribution in [3.8, 4) is 17.6 Å². The Morgan fingerprint density at radius 2 is 2.06 bits per heavy atom. The number of benzene rings is 1. The first-order valence-electron chi connectivity index (χ1n) is 10.9. The van der Waals surface area contributed by atoms with Gasteiger partial charge in [0.15, 0.2) is 0 Å². The zero-order chi connectivity index (χ0) is 21.8. The number of rotatable bonds is 6. The maximum Gasteiger partial charge on any atom is 0.239 e. The minimum absolute atomic E-state index is 0.0627. The fourth-order valence-corrected chi connectivity index (χ4v) is 6.02. The second-order valence-corrected chi connectivity index (χ2v) is 9.27. The van der Waals surface area contributed by atoms with Crippen LogP contribution in [0.25, 0.3) is 0 Å². The number of amides is 1. The molecule has 0 spiro atoms. The van der Waals surface area contributed by atoms with E-state index in [9.17, 15) is 10.1 Å². The third-order valence-electron chi connectivity index (χ3n) is 6.30. The minimum atomic E-state index is -0.0627. The fourth-order valence-electron chi connectivity index (χ4n) is 4.76. The van der Waals surface area contributed by atoms with Gasteiger partial charge < -0.3 is 14.8 Å². The first-order chi connectivity index (χ1) is 15.1. The van der Waals surface area contributed by atoms with Crippen LogP contribution in [0, 0.1) is 11.3 Å². The SMILES string of the molecule is COc1ccc([C@H]2CCCN2CC(=O)Nc2sc3c(c2C#N)CCCCC3)c(OC)c1. The average molecular weight is 440 g/mol. The molecule has 0 saturated carbocycles. The summed E-state index contributed by atoms with van der Waals surface area (Å²) in [4.78, 5) is 16.4. The summed E-state index contributed by atoms with van der Waals surface area (Å²) >= 11 is 1.59. The van der Waals surface area contributed by atoms with Crippen LogP contribution in [-0.2, 0) is 17.6 Å². The second-order valence-electron chi connectivity index (χ2n) is 8.16. The highest BCUT2D eigenvalue weighted by molar-refractivity contribution is 7.16. The molecule has 1 aromatic carbocycles. The Morgan fingerprint density at radius 1 is 1.23 bits per heavy atom. The number of thiophene rings is 1. The number of nitrogens with zero attached hydrogens (tertiary/aromatic N) is 2. The molecule has 1 aliphatic heterocycles. The second kappa shape index (κ2) is 9.71. The maximum atomic E-state index is 12.9. The zero-order valence-corrected chi connectivity index (χ0v) is 19.0. The molecule has 1 aromatic heterocycles. The smallest absolute Gasteiger partial charge is 0.239 e. The van der Waals surface area contributed by atoms with Crippen LogP contribution in [-0.4, -0.2) is 38.1 Å². The van der Waals surface area contributed by atoms with Gasteiger partial charge in [-0.25, -0.2) is 0 Å². The Labute approximate surface area is 187 Å². The number of ether oxygens (including phenoxy) is 2. The van der Waals surface area contributed by atoms with E-state index in [0.29, 0.717) is 12.1 Å². The van der Waals surface area contributed by atoms with Gasteiger partial charge in [0.1, 0.15) is 22.6 Å². The quantitative estimate of drug-likeness (QED) is 0.662. The highest BCUT2D eigenvalue weighted by Gasteiger charge is 2.30. The lowest BCUT2D eigenvalue weighted by Crippen LogP contribution is -2.33. The number of carbonyl (C=O) groups excluding carboxylic acids is 1. The summed E-state index contributed by atoms with van der Waals surface area (Å²) in [5.41, 5.74) is 2.90. The van der Waals surface area contributed by atoms with Crippen LogP contribution in [0.5, 0.6) is 11.5 Å². The average Bonchev–Trinajstić information content (AvgIpc) is 3.29. The Morgan fingerprint density at radius 3 is 2.84 bits per heavy atom. The van der Waals surface area contributed by atoms with Crippen molar-refractivity contribution in [3.63, 3.8) is 0 Å². The van der Waals surface area contributed by atoms with Crippen LogP contribution in [0.4, 0.5) is 5.00 Å². The van der Waals surface area contributed by atoms with E-state index in [1.54, 1.807) is 25.6 Å². The number of nitriles is 1. The molecule has 2 aromatic rings. The van der Waals surface area contributed by atoms with Gasteiger partial charge in [-0.3, -0.25) is 9.69 Å². The van der Waals surface area contributed by atoms with Gasteiger partial charge in [0, 0.05) is 22.5 Å². The third-order valence-corrected chi connectivity index (χ3v) is 7.50. The van der Waals surface area contributed by atoms with E-state index in [4.69, 9.17) is 9.47 Å². The third kappa shape index (κ3) is 4.56. The molecule has 4 rings (SSSR count). The summed E-state index contributed by atoms with van der Waals surface area (Å²) in [7, 11) is 3.30. The topological polar surface area (TPSA) is 74.6 Å². The van der Waals surface area contributed by atoms with Crippen LogP contribution in [0.1, 0.15) is 59.7 Å². The van der Waals surface area contributed by atoms with Crippen molar-refractivity contribution in [1.29, 1.82) is 5.26 Å². The first kappa shape index (κ1) is 21.7. The van der Waals surface area contributed by atoms with E-state index in [1.807, 2.05) is 18.2 Å². The minimum Gasteiger partial charge on any atom is -0.497 e. The molecule has 0 unspecified atom stereocenters. The van der Waals surface area contributed by atoms with Gasteiger partial charge in [0.05, 0.1) is 26.3 Å². The molecule has 1 N–H and O–H groups in total. The summed E-state index contributed by atoms with van der Waals surface area (Å²) in [6.45, 7) is 1.16. The summed E-state index contributed by atoms with van der Waals surface area (Å²) < 4.78 is 10.9. The lowest BCUT2D eigenvalue weighted by Gasteiger charge is -2.25. The predicted octanol–water partition coefficient (Wildman–Crippen LogP) is 4.68. The Hall–Kier alpha value is -2.56. The Balaban J connectivity index is 1.48. The molecule has 1 aliphatic carbocycles. The maximum absolute atomic E-state index is 12.9. The molecule has 7 heteroatoms. The number of fused-ring (bicyclic) bond motifs is 1. The van der Waals surface area contributed by atoms with Crippen molar-refractivity contribution in [3.05, 3.63) is 39.8 Å². The predicted molar refractivity (Wildman–Crippen MR) is 122 cm³/mol. The zero-order valence-electron chi connectivity index (χ0n) is 18.2. The van der Waals surface area contributed by atoms with Crippen molar-refractivity contribution in [2.24, 2.45) is 0 Å². The van der Waals surface area contributed by atoms with E-state index in [-0.39, 0.29) is 11.9 Å². The van der Waals surface area contributed by atoms with Gasteiger partial charge in [-0.1, -0.05) is 12.5 Å². The first-order valence-corrected chi connectivity index (χ1v) is 11.8. The molecular weight excluding hydrogens is 410 g/mol. The summed E-state index contributed by atoms with van der Waals surface area (Å²) in [6.07, 6.45) is 7.44. The normalized spacial score (nSPS) is 18.7. The van der Waals surface area contributed by atoms with E-state index >= 15 is 0 Å². The molecule has 6 nitrogen and oxygen atoms in total. The van der Waals surface area contributed by atoms with E-state index in [2.05, 4.69) is 16.3 Å². The van der Waals surface area contributed by atoms with Gasteiger partial charge in [-0.15, -0.1) is 11.3 Å². The number of hydrogen-bond donors (Lipinski definition) is 1. The molecule has 0 radical (unpaired) electrons. The molecule has 1 saturated heterocycles. The molecule has 2 aliphatic rings. The van der Waals surface area contributed by atoms with Crippen molar-refractivity contribution >= 4 is 22.2 Å². The molecule has 1 atom stereocenters. The summed E-state index contributed by atoms with van der Waals surface area (Å²) in [6, 6.07) is 8.33. The largest absolute Gasteiger partial charge is 0.497 e. The van der Waals surface area contributed by atoms with Crippen molar-refractivity contribution < 1.29 is 14.3 Å². The molecule has 2 heterocycles. The van der Waals surface area contributed by atoms with E-state index in [1.165, 1.54) is 11.3 Å². The fraction of sp³-hybridized carbons (Fsp3) is 0.500. The number of methoxy groups -OCH3 is 2. The highest BCUT2D eigenvalue weighted by Crippen LogP contribution is 2.39. The number of carbonyl (C=O) groups is 1. The van der Waals surface area contributed by atoms with Crippen molar-refractivity contribution in [2.45, 2.75) is 51.0 Å². The molecule has 1 amide bonds. The number of anilines is 1. The number of hydrogen-bond acceptors (Lipinski definition) is 6. The molecular formula is C24H29N3O3S. The summed E-state index contributed by atoms with van der Waals surface area (Å²) in [5.74, 6) is 1.47. The van der Waals surface area contributed by atoms with Gasteiger partial charge in [-0.2, -0.15) is 5.26 Å². The number of aryl methyl sites for hydroxylation is 1. The van der Waals surface area contributed by atoms with Gasteiger partial charge in [0.25, 0.3) is 0 Å². The van der Waals surface area contributed by atoms with Crippen LogP contribution in [0.15, 0.2) is 18.2 Å². The Bertz CT molecular complexity index is 995. The standard InChI is InChI=1S/C24H29N3O3S/c1-29-16-10-11-18(21(13-16)30-2)20-8-6-12-27(20)15-23(28)26-24-19(14-25)17-7-4-3-5-9-22(17)31-24/h10-11,13,20H,3-9,12,15H2,1-2H3,(H,26,28)/t20-/m1/s1. The van der Waals surface area contributed by atoms with Crippen LogP contribution in [0.2, 0.25) is 0 Å². The number of nitrogens with one attached hydrogen (secondary N) is 1. The Kier molecular flexibility index (Phi) is 6.79. The highest BCUT2D eigenvalue weighted by atomic mass is 32.1. The van der Waals surface area contributed by atoms with Crippen LogP contribution >= 0.6 is 11.3 Å². The van der Waals surface area contributed by atoms with Gasteiger partial charge in [0.2, 0.25) is 5.91 Å². The van der Waals surface area contributed by atoms with E-state index in [0.717, 1.165) is 72.7 Å². The summed E-state index contributed by atoms with van der Waals surface area (Å²) in [5, 5.41) is 13.5. The van der Waals surface area contributed by atoms with Crippen LogP contribution in [0.3, 0.4) is 0 Å². The molecule has 1 fully saturated rings. The van der Waals surface area contributed by atoms with Crippen LogP contribution < -0.4 is 14.8 Å². The van der Waals surface area contributed by atoms with E-state index < -0.39 is 0 Å². The molecule has 31 heavy (non-hydrogen) atoms. The lowest BCUT2D eigenvalue weighted by molar-refractivity contribution is -0.117. The monoisotopic (exact) mass is 439 g/mol. The van der Waals surface area contributed by atoms with Crippen molar-refractivity contribution in [1.82, 2.24) is 4.90 Å². The lowest BCUT2D eigenvalue weighted by atomic mass is 10.0. The molecule has 164 valence electrons. The van der Waals surface area contributed by atoms with Crippen molar-refractivity contribution in [2.75, 3.05) is 32.6 Å².